The number of nitrogens with zero attached hydrogens (tertiary/aromatic N) is 2. The third-order valence-corrected chi connectivity index (χ3v) is 6.09. The van der Waals surface area contributed by atoms with E-state index in [1.54, 1.807) is 38.2 Å². The SMILES string of the molecule is Cc1c(-c2ccc(C[C@H](NC(=O)c3c(Cl)cc(O)cc3Cl)C(=O)O)cc2)c(=O)n(C)c(=O)n1C. The van der Waals surface area contributed by atoms with Crippen LogP contribution in [0.4, 0.5) is 0 Å². The van der Waals surface area contributed by atoms with E-state index in [2.05, 4.69) is 5.32 Å². The second kappa shape index (κ2) is 9.74. The topological polar surface area (TPSA) is 131 Å². The molecular formula is C23H21Cl2N3O6. The molecule has 0 unspecified atom stereocenters. The molecule has 0 aliphatic heterocycles. The number of rotatable bonds is 6. The first-order valence-electron chi connectivity index (χ1n) is 10.00. The predicted molar refractivity (Wildman–Crippen MR) is 128 cm³/mol. The molecular weight excluding hydrogens is 485 g/mol. The van der Waals surface area contributed by atoms with Crippen LogP contribution < -0.4 is 16.6 Å². The maximum absolute atomic E-state index is 12.6. The highest BCUT2D eigenvalue weighted by Gasteiger charge is 2.24. The molecule has 3 aromatic rings. The number of amides is 1. The van der Waals surface area contributed by atoms with Gasteiger partial charge in [0, 0.05) is 26.2 Å². The van der Waals surface area contributed by atoms with Gasteiger partial charge in [0.05, 0.1) is 21.2 Å². The summed E-state index contributed by atoms with van der Waals surface area (Å²) >= 11 is 12.0. The number of hydrogen-bond acceptors (Lipinski definition) is 5. The van der Waals surface area contributed by atoms with Crippen LogP contribution in [0.5, 0.6) is 5.75 Å². The Morgan fingerprint density at radius 1 is 1.03 bits per heavy atom. The van der Waals surface area contributed by atoms with Crippen molar-refractivity contribution >= 4 is 35.1 Å². The second-order valence-corrected chi connectivity index (χ2v) is 8.53. The van der Waals surface area contributed by atoms with E-state index in [9.17, 15) is 29.4 Å². The summed E-state index contributed by atoms with van der Waals surface area (Å²) in [5, 5.41) is 21.3. The van der Waals surface area contributed by atoms with Crippen LogP contribution in [0.3, 0.4) is 0 Å². The molecule has 3 N–H and O–H groups in total. The van der Waals surface area contributed by atoms with Crippen LogP contribution in [0.15, 0.2) is 46.0 Å². The number of hydrogen-bond donors (Lipinski definition) is 3. The van der Waals surface area contributed by atoms with Gasteiger partial charge in [0.2, 0.25) is 0 Å². The number of phenols is 1. The molecule has 1 atom stereocenters. The molecule has 9 nitrogen and oxygen atoms in total. The van der Waals surface area contributed by atoms with Crippen molar-refractivity contribution in [3.8, 4) is 16.9 Å². The first-order valence-corrected chi connectivity index (χ1v) is 10.8. The van der Waals surface area contributed by atoms with Gasteiger partial charge in [-0.2, -0.15) is 0 Å². The molecule has 0 saturated carbocycles. The first kappa shape index (κ1) is 25.1. The van der Waals surface area contributed by atoms with Crippen LogP contribution in [-0.2, 0) is 25.3 Å². The van der Waals surface area contributed by atoms with Gasteiger partial charge < -0.3 is 20.1 Å². The summed E-state index contributed by atoms with van der Waals surface area (Å²) in [6.07, 6.45) is -0.0566. The molecule has 2 aromatic carbocycles. The Labute approximate surface area is 203 Å². The number of carboxylic acid groups (broad SMARTS) is 1. The molecule has 0 fully saturated rings. The molecule has 0 aliphatic carbocycles. The summed E-state index contributed by atoms with van der Waals surface area (Å²) in [4.78, 5) is 49.1. The average Bonchev–Trinajstić information content (AvgIpc) is 2.76. The minimum Gasteiger partial charge on any atom is -0.508 e. The number of carbonyl (C=O) groups excluding carboxylic acids is 1. The zero-order chi connectivity index (χ0) is 25.3. The Kier molecular flexibility index (Phi) is 7.18. The van der Waals surface area contributed by atoms with Crippen molar-refractivity contribution in [3.05, 3.63) is 84.1 Å². The van der Waals surface area contributed by atoms with Crippen LogP contribution in [-0.4, -0.2) is 37.3 Å². The molecule has 1 aromatic heterocycles. The zero-order valence-electron chi connectivity index (χ0n) is 18.4. The summed E-state index contributed by atoms with van der Waals surface area (Å²) in [5.41, 5.74) is 0.983. The van der Waals surface area contributed by atoms with Crippen molar-refractivity contribution in [2.24, 2.45) is 14.1 Å². The number of benzene rings is 2. The van der Waals surface area contributed by atoms with Gasteiger partial charge in [0.1, 0.15) is 11.8 Å². The van der Waals surface area contributed by atoms with Crippen LogP contribution >= 0.6 is 23.2 Å². The number of phenolic OH excluding ortho intramolecular Hbond substituents is 1. The number of carboxylic acids is 1. The summed E-state index contributed by atoms with van der Waals surface area (Å²) in [6.45, 7) is 1.67. The minimum atomic E-state index is -1.30. The Bertz CT molecular complexity index is 1390. The molecule has 34 heavy (non-hydrogen) atoms. The Morgan fingerprint density at radius 3 is 2.12 bits per heavy atom. The quantitative estimate of drug-likeness (QED) is 0.471. The molecule has 0 spiro atoms. The van der Waals surface area contributed by atoms with Crippen molar-refractivity contribution in [2.75, 3.05) is 0 Å². The van der Waals surface area contributed by atoms with E-state index in [-0.39, 0.29) is 27.8 Å². The predicted octanol–water partition coefficient (Wildman–Crippen LogP) is 2.50. The lowest BCUT2D eigenvalue weighted by atomic mass is 10.00. The first-order chi connectivity index (χ1) is 15.9. The third kappa shape index (κ3) is 4.85. The van der Waals surface area contributed by atoms with Gasteiger partial charge in [-0.25, -0.2) is 9.59 Å². The van der Waals surface area contributed by atoms with Gasteiger partial charge in [-0.15, -0.1) is 0 Å². The van der Waals surface area contributed by atoms with E-state index in [0.717, 1.165) is 16.7 Å². The number of nitrogens with one attached hydrogen (secondary N) is 1. The van der Waals surface area contributed by atoms with E-state index >= 15 is 0 Å². The summed E-state index contributed by atoms with van der Waals surface area (Å²) in [7, 11) is 2.97. The molecule has 0 aliphatic rings. The largest absolute Gasteiger partial charge is 0.508 e. The van der Waals surface area contributed by atoms with E-state index < -0.39 is 29.2 Å². The molecule has 0 radical (unpaired) electrons. The Morgan fingerprint density at radius 2 is 1.59 bits per heavy atom. The van der Waals surface area contributed by atoms with E-state index in [4.69, 9.17) is 23.2 Å². The van der Waals surface area contributed by atoms with Gasteiger partial charge in [-0.05, 0) is 30.2 Å². The molecule has 0 saturated heterocycles. The lowest BCUT2D eigenvalue weighted by molar-refractivity contribution is -0.139. The monoisotopic (exact) mass is 505 g/mol. The van der Waals surface area contributed by atoms with Gasteiger partial charge in [0.15, 0.2) is 0 Å². The summed E-state index contributed by atoms with van der Waals surface area (Å²) in [6, 6.07) is 7.54. The number of carbonyl (C=O) groups is 2. The van der Waals surface area contributed by atoms with Gasteiger partial charge in [-0.3, -0.25) is 14.2 Å². The van der Waals surface area contributed by atoms with E-state index in [1.807, 2.05) is 0 Å². The lowest BCUT2D eigenvalue weighted by Crippen LogP contribution is -2.42. The standard InChI is InChI=1S/C23H21Cl2N3O6/c1-11-18(21(31)28(3)23(34)27(11)2)13-6-4-12(5-7-13)8-17(22(32)33)26-20(30)19-15(24)9-14(29)10-16(19)25/h4-7,9-10,17,29H,8H2,1-3H3,(H,26,30)(H,32,33)/t17-/m0/s1. The minimum absolute atomic E-state index is 0.0566. The molecule has 1 heterocycles. The number of aromatic hydroxyl groups is 1. The van der Waals surface area contributed by atoms with Crippen molar-refractivity contribution in [1.82, 2.24) is 14.5 Å². The van der Waals surface area contributed by atoms with Gasteiger partial charge in [-0.1, -0.05) is 47.5 Å². The summed E-state index contributed by atoms with van der Waals surface area (Å²) < 4.78 is 2.39. The molecule has 11 heteroatoms. The highest BCUT2D eigenvalue weighted by molar-refractivity contribution is 6.40. The fourth-order valence-corrected chi connectivity index (χ4v) is 4.18. The van der Waals surface area contributed by atoms with Crippen molar-refractivity contribution in [2.45, 2.75) is 19.4 Å². The van der Waals surface area contributed by atoms with Crippen molar-refractivity contribution in [3.63, 3.8) is 0 Å². The fraction of sp³-hybridized carbons (Fsp3) is 0.217. The average molecular weight is 506 g/mol. The van der Waals surface area contributed by atoms with Crippen molar-refractivity contribution in [1.29, 1.82) is 0 Å². The van der Waals surface area contributed by atoms with Crippen LogP contribution in [0.2, 0.25) is 10.0 Å². The molecule has 3 rings (SSSR count). The lowest BCUT2D eigenvalue weighted by Gasteiger charge is -2.17. The normalized spacial score (nSPS) is 11.8. The number of halogens is 2. The maximum Gasteiger partial charge on any atom is 0.330 e. The highest BCUT2D eigenvalue weighted by atomic mass is 35.5. The smallest absolute Gasteiger partial charge is 0.330 e. The third-order valence-electron chi connectivity index (χ3n) is 5.50. The van der Waals surface area contributed by atoms with E-state index in [0.29, 0.717) is 22.4 Å². The number of aromatic nitrogens is 2. The Hall–Kier alpha value is -3.56. The van der Waals surface area contributed by atoms with Crippen LogP contribution in [0.1, 0.15) is 21.6 Å². The van der Waals surface area contributed by atoms with Crippen LogP contribution in [0.25, 0.3) is 11.1 Å². The highest BCUT2D eigenvalue weighted by Crippen LogP contribution is 2.29. The fourth-order valence-electron chi connectivity index (χ4n) is 3.53. The van der Waals surface area contributed by atoms with Crippen LogP contribution in [0, 0.1) is 6.92 Å². The Balaban J connectivity index is 1.87. The number of aliphatic carboxylic acids is 1. The zero-order valence-corrected chi connectivity index (χ0v) is 19.9. The molecule has 1 amide bonds. The maximum atomic E-state index is 12.6. The second-order valence-electron chi connectivity index (χ2n) is 7.72. The van der Waals surface area contributed by atoms with Gasteiger partial charge in [0.25, 0.3) is 11.5 Å². The molecule has 0 bridgehead atoms. The van der Waals surface area contributed by atoms with E-state index in [1.165, 1.54) is 11.6 Å². The molecule has 178 valence electrons. The van der Waals surface area contributed by atoms with Gasteiger partial charge >= 0.3 is 11.7 Å². The van der Waals surface area contributed by atoms with Crippen molar-refractivity contribution < 1.29 is 19.8 Å². The summed E-state index contributed by atoms with van der Waals surface area (Å²) in [5.74, 6) is -2.31.